The SMILES string of the molecule is COC1(C(=O)N2CCCc3c2cc(F)c(F)c3F)CS(=O)(=O)C1. The highest BCUT2D eigenvalue weighted by atomic mass is 32.2. The van der Waals surface area contributed by atoms with E-state index in [0.29, 0.717) is 6.42 Å². The molecule has 0 N–H and O–H groups in total. The van der Waals surface area contributed by atoms with Gasteiger partial charge in [0.2, 0.25) is 0 Å². The summed E-state index contributed by atoms with van der Waals surface area (Å²) in [7, 11) is -2.15. The number of carbonyl (C=O) groups is 1. The fraction of sp³-hybridized carbons (Fsp3) is 0.500. The Bertz CT molecular complexity index is 782. The third-order valence-corrected chi connectivity index (χ3v) is 6.08. The summed E-state index contributed by atoms with van der Waals surface area (Å²) in [5.41, 5.74) is -1.70. The maximum Gasteiger partial charge on any atom is 0.261 e. The molecule has 2 heterocycles. The zero-order valence-electron chi connectivity index (χ0n) is 12.2. The van der Waals surface area contributed by atoms with E-state index in [-0.39, 0.29) is 24.2 Å². The van der Waals surface area contributed by atoms with Gasteiger partial charge >= 0.3 is 0 Å². The first kappa shape index (κ1) is 16.3. The van der Waals surface area contributed by atoms with Crippen LogP contribution in [0.1, 0.15) is 12.0 Å². The number of nitrogens with zero attached hydrogens (tertiary/aromatic N) is 1. The van der Waals surface area contributed by atoms with E-state index in [2.05, 4.69) is 0 Å². The summed E-state index contributed by atoms with van der Waals surface area (Å²) < 4.78 is 68.7. The normalized spacial score (nSPS) is 21.5. The summed E-state index contributed by atoms with van der Waals surface area (Å²) in [5.74, 6) is -5.92. The first-order valence-electron chi connectivity index (χ1n) is 6.95. The zero-order chi connectivity index (χ0) is 17.0. The number of carbonyl (C=O) groups excluding carboxylic acids is 1. The second-order valence-electron chi connectivity index (χ2n) is 5.78. The number of rotatable bonds is 2. The lowest BCUT2D eigenvalue weighted by atomic mass is 9.97. The molecule has 5 nitrogen and oxygen atoms in total. The van der Waals surface area contributed by atoms with Gasteiger partial charge in [0.1, 0.15) is 0 Å². The van der Waals surface area contributed by atoms with E-state index in [4.69, 9.17) is 4.74 Å². The van der Waals surface area contributed by atoms with E-state index in [0.717, 1.165) is 11.0 Å². The van der Waals surface area contributed by atoms with Crippen LogP contribution < -0.4 is 4.90 Å². The third kappa shape index (κ3) is 2.42. The van der Waals surface area contributed by atoms with Gasteiger partial charge in [0.15, 0.2) is 32.9 Å². The lowest BCUT2D eigenvalue weighted by Gasteiger charge is -2.42. The number of amides is 1. The highest BCUT2D eigenvalue weighted by molar-refractivity contribution is 7.93. The molecule has 126 valence electrons. The van der Waals surface area contributed by atoms with Crippen molar-refractivity contribution in [2.75, 3.05) is 30.1 Å². The van der Waals surface area contributed by atoms with Gasteiger partial charge in [-0.1, -0.05) is 0 Å². The lowest BCUT2D eigenvalue weighted by molar-refractivity contribution is -0.137. The van der Waals surface area contributed by atoms with E-state index in [1.54, 1.807) is 0 Å². The molecule has 0 spiro atoms. The van der Waals surface area contributed by atoms with Crippen molar-refractivity contribution < 1.29 is 31.1 Å². The molecule has 1 aromatic carbocycles. The van der Waals surface area contributed by atoms with E-state index >= 15 is 0 Å². The Morgan fingerprint density at radius 3 is 2.48 bits per heavy atom. The van der Waals surface area contributed by atoms with Crippen LogP contribution in [0.5, 0.6) is 0 Å². The number of hydrogen-bond donors (Lipinski definition) is 0. The quantitative estimate of drug-likeness (QED) is 0.753. The zero-order valence-corrected chi connectivity index (χ0v) is 13.1. The van der Waals surface area contributed by atoms with Crippen molar-refractivity contribution >= 4 is 21.4 Å². The summed E-state index contributed by atoms with van der Waals surface area (Å²) in [6.45, 7) is 0.154. The van der Waals surface area contributed by atoms with Gasteiger partial charge in [0, 0.05) is 25.3 Å². The molecule has 2 aliphatic heterocycles. The van der Waals surface area contributed by atoms with Crippen molar-refractivity contribution in [3.05, 3.63) is 29.1 Å². The highest BCUT2D eigenvalue weighted by Gasteiger charge is 2.57. The van der Waals surface area contributed by atoms with Gasteiger partial charge in [-0.15, -0.1) is 0 Å². The van der Waals surface area contributed by atoms with Crippen LogP contribution in [-0.4, -0.2) is 45.1 Å². The first-order valence-corrected chi connectivity index (χ1v) is 8.77. The van der Waals surface area contributed by atoms with E-state index in [1.807, 2.05) is 0 Å². The highest BCUT2D eigenvalue weighted by Crippen LogP contribution is 2.36. The molecular weight excluding hydrogens is 335 g/mol. The van der Waals surface area contributed by atoms with Crippen LogP contribution in [0.15, 0.2) is 6.07 Å². The predicted molar refractivity (Wildman–Crippen MR) is 75.4 cm³/mol. The molecule has 0 atom stereocenters. The summed E-state index contributed by atoms with van der Waals surface area (Å²) in [6.07, 6.45) is 0.522. The molecule has 0 saturated carbocycles. The van der Waals surface area contributed by atoms with Crippen LogP contribution in [0.4, 0.5) is 18.9 Å². The van der Waals surface area contributed by atoms with Gasteiger partial charge in [0.25, 0.3) is 5.91 Å². The summed E-state index contributed by atoms with van der Waals surface area (Å²) in [5, 5.41) is 0. The molecule has 1 amide bonds. The molecular formula is C14H14F3NO4S. The van der Waals surface area contributed by atoms with Crippen molar-refractivity contribution in [2.24, 2.45) is 0 Å². The summed E-state index contributed by atoms with van der Waals surface area (Å²) in [4.78, 5) is 13.8. The van der Waals surface area contributed by atoms with Crippen molar-refractivity contribution in [2.45, 2.75) is 18.4 Å². The van der Waals surface area contributed by atoms with Crippen LogP contribution in [-0.2, 0) is 25.8 Å². The van der Waals surface area contributed by atoms with Gasteiger partial charge in [-0.25, -0.2) is 21.6 Å². The summed E-state index contributed by atoms with van der Waals surface area (Å²) >= 11 is 0. The van der Waals surface area contributed by atoms with Crippen molar-refractivity contribution in [1.29, 1.82) is 0 Å². The number of fused-ring (bicyclic) bond motifs is 1. The molecule has 3 rings (SSSR count). The van der Waals surface area contributed by atoms with Crippen molar-refractivity contribution in [3.8, 4) is 0 Å². The summed E-state index contributed by atoms with van der Waals surface area (Å²) in [6, 6.07) is 0.765. The molecule has 0 aromatic heterocycles. The van der Waals surface area contributed by atoms with Crippen LogP contribution in [0.25, 0.3) is 0 Å². The Labute approximate surface area is 130 Å². The van der Waals surface area contributed by atoms with E-state index < -0.39 is 50.3 Å². The molecule has 9 heteroatoms. The number of halogens is 3. The Hall–Kier alpha value is -1.61. The molecule has 23 heavy (non-hydrogen) atoms. The molecule has 0 aliphatic carbocycles. The van der Waals surface area contributed by atoms with Crippen molar-refractivity contribution in [3.63, 3.8) is 0 Å². The number of methoxy groups -OCH3 is 1. The maximum absolute atomic E-state index is 13.9. The molecule has 0 bridgehead atoms. The smallest absolute Gasteiger partial charge is 0.261 e. The minimum Gasteiger partial charge on any atom is -0.366 e. The minimum atomic E-state index is -3.37. The third-order valence-electron chi connectivity index (χ3n) is 4.27. The lowest BCUT2D eigenvalue weighted by Crippen LogP contribution is -2.66. The van der Waals surface area contributed by atoms with Crippen LogP contribution in [0.3, 0.4) is 0 Å². The second kappa shape index (κ2) is 5.20. The van der Waals surface area contributed by atoms with Crippen LogP contribution in [0, 0.1) is 17.5 Å². The first-order chi connectivity index (χ1) is 10.7. The average Bonchev–Trinajstić information content (AvgIpc) is 2.48. The number of anilines is 1. The van der Waals surface area contributed by atoms with Gasteiger partial charge in [0.05, 0.1) is 17.2 Å². The molecule has 0 unspecified atom stereocenters. The predicted octanol–water partition coefficient (Wildman–Crippen LogP) is 1.20. The fourth-order valence-electron chi connectivity index (χ4n) is 3.09. The molecule has 2 aliphatic rings. The van der Waals surface area contributed by atoms with Gasteiger partial charge in [-0.05, 0) is 12.8 Å². The van der Waals surface area contributed by atoms with Gasteiger partial charge in [-0.2, -0.15) is 0 Å². The van der Waals surface area contributed by atoms with E-state index in [9.17, 15) is 26.4 Å². The number of hydrogen-bond acceptors (Lipinski definition) is 4. The number of sulfone groups is 1. The van der Waals surface area contributed by atoms with Gasteiger partial charge < -0.3 is 9.64 Å². The minimum absolute atomic E-state index is 0.0710. The van der Waals surface area contributed by atoms with E-state index in [1.165, 1.54) is 7.11 Å². The Balaban J connectivity index is 2.02. The molecule has 1 aromatic rings. The van der Waals surface area contributed by atoms with Crippen LogP contribution >= 0.6 is 0 Å². The molecule has 1 saturated heterocycles. The Morgan fingerprint density at radius 2 is 1.91 bits per heavy atom. The van der Waals surface area contributed by atoms with Crippen molar-refractivity contribution in [1.82, 2.24) is 0 Å². The molecule has 0 radical (unpaired) electrons. The van der Waals surface area contributed by atoms with Crippen LogP contribution in [0.2, 0.25) is 0 Å². The molecule has 1 fully saturated rings. The average molecular weight is 349 g/mol. The number of benzene rings is 1. The maximum atomic E-state index is 13.9. The number of ether oxygens (including phenoxy) is 1. The topological polar surface area (TPSA) is 63.7 Å². The fourth-order valence-corrected chi connectivity index (χ4v) is 4.91. The second-order valence-corrected chi connectivity index (χ2v) is 7.84. The standard InChI is InChI=1S/C14H14F3NO4S/c1-22-14(6-23(20,21)7-14)13(19)18-4-2-3-8-10(18)5-9(15)12(17)11(8)16/h5H,2-4,6-7H2,1H3. The monoisotopic (exact) mass is 349 g/mol. The largest absolute Gasteiger partial charge is 0.366 e. The Kier molecular flexibility index (Phi) is 3.68. The van der Waals surface area contributed by atoms with Gasteiger partial charge in [-0.3, -0.25) is 4.79 Å². The Morgan fingerprint density at radius 1 is 1.26 bits per heavy atom.